The Kier molecular flexibility index (Phi) is 4.12. The second kappa shape index (κ2) is 5.14. The second-order valence-corrected chi connectivity index (χ2v) is 3.81. The summed E-state index contributed by atoms with van der Waals surface area (Å²) in [5.74, 6) is 0.912. The van der Waals surface area contributed by atoms with Crippen LogP contribution < -0.4 is 10.5 Å². The molecule has 0 aliphatic heterocycles. The smallest absolute Gasteiger partial charge is 0.124 e. The van der Waals surface area contributed by atoms with Crippen LogP contribution in [0.1, 0.15) is 29.2 Å². The number of rotatable bonds is 4. The summed E-state index contributed by atoms with van der Waals surface area (Å²) in [6, 6.07) is 3.94. The Labute approximate surface area is 90.9 Å². The molecule has 1 aromatic rings. The summed E-state index contributed by atoms with van der Waals surface area (Å²) in [6.45, 7) is 4.12. The third-order valence-corrected chi connectivity index (χ3v) is 2.56. The number of benzene rings is 1. The van der Waals surface area contributed by atoms with Crippen LogP contribution in [0.3, 0.4) is 0 Å². The van der Waals surface area contributed by atoms with Crippen molar-refractivity contribution in [3.8, 4) is 5.75 Å². The lowest BCUT2D eigenvalue weighted by Crippen LogP contribution is -2.12. The van der Waals surface area contributed by atoms with E-state index >= 15 is 0 Å². The summed E-state index contributed by atoms with van der Waals surface area (Å²) in [6.07, 6.45) is 0.589. The van der Waals surface area contributed by atoms with Crippen LogP contribution in [0.2, 0.25) is 0 Å². The molecule has 0 saturated heterocycles. The highest BCUT2D eigenvalue weighted by Crippen LogP contribution is 2.27. The number of hydrogen-bond donors (Lipinski definition) is 2. The number of aryl methyl sites for hydroxylation is 2. The van der Waals surface area contributed by atoms with E-state index in [4.69, 9.17) is 15.6 Å². The van der Waals surface area contributed by atoms with E-state index in [2.05, 4.69) is 0 Å². The number of methoxy groups -OCH3 is 1. The minimum absolute atomic E-state index is 0.0988. The van der Waals surface area contributed by atoms with Gasteiger partial charge in [-0.25, -0.2) is 0 Å². The fourth-order valence-electron chi connectivity index (χ4n) is 1.83. The predicted molar refractivity (Wildman–Crippen MR) is 61.1 cm³/mol. The van der Waals surface area contributed by atoms with Crippen molar-refractivity contribution in [3.05, 3.63) is 28.8 Å². The van der Waals surface area contributed by atoms with Crippen molar-refractivity contribution in [3.63, 3.8) is 0 Å². The van der Waals surface area contributed by atoms with E-state index in [1.54, 1.807) is 7.11 Å². The first-order valence-electron chi connectivity index (χ1n) is 5.11. The van der Waals surface area contributed by atoms with Crippen molar-refractivity contribution in [1.29, 1.82) is 0 Å². The van der Waals surface area contributed by atoms with E-state index < -0.39 is 0 Å². The van der Waals surface area contributed by atoms with Crippen molar-refractivity contribution >= 4 is 0 Å². The molecular formula is C12H19NO2. The lowest BCUT2D eigenvalue weighted by atomic mass is 9.99. The first-order chi connectivity index (χ1) is 7.10. The Bertz CT molecular complexity index is 313. The van der Waals surface area contributed by atoms with Gasteiger partial charge in [0.15, 0.2) is 0 Å². The molecule has 1 aromatic carbocycles. The lowest BCUT2D eigenvalue weighted by Gasteiger charge is -2.15. The maximum atomic E-state index is 8.83. The van der Waals surface area contributed by atoms with E-state index in [0.29, 0.717) is 6.42 Å². The van der Waals surface area contributed by atoms with Crippen molar-refractivity contribution in [2.45, 2.75) is 26.3 Å². The Balaban J connectivity index is 3.02. The van der Waals surface area contributed by atoms with E-state index in [9.17, 15) is 0 Å². The minimum Gasteiger partial charge on any atom is -0.496 e. The summed E-state index contributed by atoms with van der Waals surface area (Å²) < 4.78 is 5.28. The highest BCUT2D eigenvalue weighted by molar-refractivity contribution is 5.44. The average molecular weight is 209 g/mol. The van der Waals surface area contributed by atoms with E-state index in [1.165, 1.54) is 0 Å². The van der Waals surface area contributed by atoms with Gasteiger partial charge in [-0.2, -0.15) is 0 Å². The van der Waals surface area contributed by atoms with Gasteiger partial charge in [-0.3, -0.25) is 0 Å². The molecule has 1 atom stereocenters. The summed E-state index contributed by atoms with van der Waals surface area (Å²) in [5, 5.41) is 8.83. The molecule has 3 N–H and O–H groups in total. The van der Waals surface area contributed by atoms with Crippen molar-refractivity contribution in [2.24, 2.45) is 5.73 Å². The number of hydrogen-bond acceptors (Lipinski definition) is 3. The predicted octanol–water partition coefficient (Wildman–Crippen LogP) is 1.69. The Morgan fingerprint density at radius 1 is 1.33 bits per heavy atom. The summed E-state index contributed by atoms with van der Waals surface area (Å²) >= 11 is 0. The molecule has 1 unspecified atom stereocenters. The van der Waals surface area contributed by atoms with Crippen molar-refractivity contribution in [1.82, 2.24) is 0 Å². The van der Waals surface area contributed by atoms with Gasteiger partial charge < -0.3 is 15.6 Å². The molecule has 3 heteroatoms. The minimum atomic E-state index is -0.0988. The van der Waals surface area contributed by atoms with Crippen LogP contribution in [-0.4, -0.2) is 18.8 Å². The van der Waals surface area contributed by atoms with Gasteiger partial charge in [0.2, 0.25) is 0 Å². The fraction of sp³-hybridized carbons (Fsp3) is 0.500. The van der Waals surface area contributed by atoms with Gasteiger partial charge in [0.25, 0.3) is 0 Å². The lowest BCUT2D eigenvalue weighted by molar-refractivity contribution is 0.276. The maximum Gasteiger partial charge on any atom is 0.124 e. The zero-order chi connectivity index (χ0) is 11.4. The molecule has 0 bridgehead atoms. The molecule has 0 fully saturated rings. The molecule has 0 saturated carbocycles. The van der Waals surface area contributed by atoms with E-state index in [-0.39, 0.29) is 12.6 Å². The van der Waals surface area contributed by atoms with Gasteiger partial charge in [0, 0.05) is 12.6 Å². The molecule has 0 aliphatic rings. The average Bonchev–Trinajstić information content (AvgIpc) is 2.17. The molecule has 0 aliphatic carbocycles. The van der Waals surface area contributed by atoms with Gasteiger partial charge in [-0.15, -0.1) is 0 Å². The molecule has 0 spiro atoms. The van der Waals surface area contributed by atoms with Crippen molar-refractivity contribution < 1.29 is 9.84 Å². The quantitative estimate of drug-likeness (QED) is 0.793. The van der Waals surface area contributed by atoms with Crippen LogP contribution in [0.4, 0.5) is 0 Å². The molecule has 84 valence electrons. The highest BCUT2D eigenvalue weighted by atomic mass is 16.5. The number of aliphatic hydroxyl groups excluding tert-OH is 1. The van der Waals surface area contributed by atoms with Gasteiger partial charge in [-0.05, 0) is 37.0 Å². The van der Waals surface area contributed by atoms with Crippen LogP contribution in [0, 0.1) is 13.8 Å². The zero-order valence-electron chi connectivity index (χ0n) is 9.58. The van der Waals surface area contributed by atoms with Crippen LogP contribution in [0.15, 0.2) is 12.1 Å². The van der Waals surface area contributed by atoms with Gasteiger partial charge in [0.1, 0.15) is 5.75 Å². The van der Waals surface area contributed by atoms with Crippen LogP contribution >= 0.6 is 0 Å². The summed E-state index contributed by atoms with van der Waals surface area (Å²) in [7, 11) is 1.67. The van der Waals surface area contributed by atoms with Gasteiger partial charge in [0.05, 0.1) is 7.11 Å². The van der Waals surface area contributed by atoms with Gasteiger partial charge in [-0.1, -0.05) is 12.1 Å². The molecule has 1 rings (SSSR count). The number of ether oxygens (including phenoxy) is 1. The monoisotopic (exact) mass is 209 g/mol. The summed E-state index contributed by atoms with van der Waals surface area (Å²) in [5.41, 5.74) is 9.16. The normalized spacial score (nSPS) is 12.6. The first-order valence-corrected chi connectivity index (χ1v) is 5.11. The highest BCUT2D eigenvalue weighted by Gasteiger charge is 2.10. The zero-order valence-corrected chi connectivity index (χ0v) is 9.58. The Morgan fingerprint density at radius 2 is 1.87 bits per heavy atom. The summed E-state index contributed by atoms with van der Waals surface area (Å²) in [4.78, 5) is 0. The van der Waals surface area contributed by atoms with Crippen LogP contribution in [0.5, 0.6) is 5.75 Å². The Morgan fingerprint density at radius 3 is 2.27 bits per heavy atom. The third kappa shape index (κ3) is 2.70. The number of nitrogens with two attached hydrogens (primary N) is 1. The number of aliphatic hydroxyl groups is 1. The fourth-order valence-corrected chi connectivity index (χ4v) is 1.83. The molecule has 3 nitrogen and oxygen atoms in total. The third-order valence-electron chi connectivity index (χ3n) is 2.56. The van der Waals surface area contributed by atoms with Crippen molar-refractivity contribution in [2.75, 3.05) is 13.7 Å². The first kappa shape index (κ1) is 12.0. The topological polar surface area (TPSA) is 55.5 Å². The molecular weight excluding hydrogens is 190 g/mol. The van der Waals surface area contributed by atoms with Crippen LogP contribution in [0.25, 0.3) is 0 Å². The standard InChI is InChI=1S/C12H19NO2/c1-8-6-10(11(13)4-5-14)7-9(2)12(8)15-3/h6-7,11,14H,4-5,13H2,1-3H3. The molecule has 0 amide bonds. The second-order valence-electron chi connectivity index (χ2n) is 3.81. The van der Waals surface area contributed by atoms with E-state index in [0.717, 1.165) is 22.4 Å². The van der Waals surface area contributed by atoms with Gasteiger partial charge >= 0.3 is 0 Å². The molecule has 0 radical (unpaired) electrons. The molecule has 0 aromatic heterocycles. The Hall–Kier alpha value is -1.06. The largest absolute Gasteiger partial charge is 0.496 e. The SMILES string of the molecule is COc1c(C)cc(C(N)CCO)cc1C. The molecule has 0 heterocycles. The van der Waals surface area contributed by atoms with Crippen LogP contribution in [-0.2, 0) is 0 Å². The van der Waals surface area contributed by atoms with E-state index in [1.807, 2.05) is 26.0 Å². The molecule has 15 heavy (non-hydrogen) atoms. The maximum absolute atomic E-state index is 8.83.